The molecule has 0 atom stereocenters. The Hall–Kier alpha value is -2.97. The predicted molar refractivity (Wildman–Crippen MR) is 125 cm³/mol. The van der Waals surface area contributed by atoms with Gasteiger partial charge >= 0.3 is 0 Å². The number of carbonyl (C=O) groups is 1. The molecule has 0 aliphatic heterocycles. The molecule has 9 heteroatoms. The fraction of sp³-hybridized carbons (Fsp3) is 0.217. The minimum Gasteiger partial charge on any atom is -0.325 e. The number of fused-ring (bicyclic) bond motifs is 1. The zero-order valence-electron chi connectivity index (χ0n) is 17.8. The molecular weight excluding hydrogens is 449 g/mol. The largest absolute Gasteiger partial charge is 0.325 e. The standard InChI is InChI=1S/C23H21ClFN5OS/c1-13-4-6-16(7-5-13)10-18-14(2)26-22-28-23(29-30(22)15(18)3)32-12-21(31)27-17-8-9-20(25)19(24)11-17/h4-9,11H,10,12H2,1-3H3,(H,27,31). The number of benzene rings is 2. The van der Waals surface area contributed by atoms with E-state index in [9.17, 15) is 9.18 Å². The van der Waals surface area contributed by atoms with E-state index in [-0.39, 0.29) is 16.7 Å². The van der Waals surface area contributed by atoms with Crippen LogP contribution in [0.3, 0.4) is 0 Å². The molecule has 32 heavy (non-hydrogen) atoms. The smallest absolute Gasteiger partial charge is 0.253 e. The van der Waals surface area contributed by atoms with Gasteiger partial charge in [0.25, 0.3) is 5.78 Å². The van der Waals surface area contributed by atoms with Crippen LogP contribution in [-0.2, 0) is 11.2 Å². The van der Waals surface area contributed by atoms with Gasteiger partial charge in [0.15, 0.2) is 0 Å². The van der Waals surface area contributed by atoms with E-state index in [0.29, 0.717) is 16.6 Å². The first-order valence-electron chi connectivity index (χ1n) is 9.96. The summed E-state index contributed by atoms with van der Waals surface area (Å²) in [6.07, 6.45) is 0.756. The lowest BCUT2D eigenvalue weighted by Gasteiger charge is -2.10. The lowest BCUT2D eigenvalue weighted by Crippen LogP contribution is -2.14. The Morgan fingerprint density at radius 3 is 2.59 bits per heavy atom. The molecule has 2 heterocycles. The number of aromatic nitrogens is 4. The fourth-order valence-electron chi connectivity index (χ4n) is 3.32. The fourth-order valence-corrected chi connectivity index (χ4v) is 4.12. The predicted octanol–water partition coefficient (Wildman–Crippen LogP) is 5.16. The van der Waals surface area contributed by atoms with Crippen LogP contribution in [-0.4, -0.2) is 31.2 Å². The molecule has 0 saturated heterocycles. The van der Waals surface area contributed by atoms with Gasteiger partial charge < -0.3 is 5.32 Å². The highest BCUT2D eigenvalue weighted by atomic mass is 35.5. The number of aryl methyl sites for hydroxylation is 3. The van der Waals surface area contributed by atoms with Gasteiger partial charge in [-0.05, 0) is 50.1 Å². The number of anilines is 1. The van der Waals surface area contributed by atoms with Gasteiger partial charge in [0.2, 0.25) is 11.1 Å². The van der Waals surface area contributed by atoms with Crippen molar-refractivity contribution in [3.8, 4) is 0 Å². The van der Waals surface area contributed by atoms with E-state index < -0.39 is 5.82 Å². The lowest BCUT2D eigenvalue weighted by molar-refractivity contribution is -0.113. The number of hydrogen-bond acceptors (Lipinski definition) is 5. The number of carbonyl (C=O) groups excluding carboxylic acids is 1. The highest BCUT2D eigenvalue weighted by Gasteiger charge is 2.15. The highest BCUT2D eigenvalue weighted by molar-refractivity contribution is 7.99. The van der Waals surface area contributed by atoms with E-state index in [4.69, 9.17) is 11.6 Å². The van der Waals surface area contributed by atoms with E-state index in [0.717, 1.165) is 23.4 Å². The van der Waals surface area contributed by atoms with Crippen molar-refractivity contribution in [1.82, 2.24) is 19.6 Å². The minimum atomic E-state index is -0.534. The summed E-state index contributed by atoms with van der Waals surface area (Å²) in [5.74, 6) is -0.202. The van der Waals surface area contributed by atoms with E-state index in [2.05, 4.69) is 51.6 Å². The first kappa shape index (κ1) is 22.2. The summed E-state index contributed by atoms with van der Waals surface area (Å²) >= 11 is 6.96. The van der Waals surface area contributed by atoms with Crippen LogP contribution in [0, 0.1) is 26.6 Å². The quantitative estimate of drug-likeness (QED) is 0.395. The summed E-state index contributed by atoms with van der Waals surface area (Å²) in [5.41, 5.74) is 5.84. The van der Waals surface area contributed by atoms with Crippen molar-refractivity contribution in [2.75, 3.05) is 11.1 Å². The molecule has 0 saturated carbocycles. The number of thioether (sulfide) groups is 1. The second-order valence-electron chi connectivity index (χ2n) is 7.50. The maximum absolute atomic E-state index is 13.3. The molecule has 2 aromatic heterocycles. The van der Waals surface area contributed by atoms with Crippen LogP contribution in [0.1, 0.15) is 28.1 Å². The van der Waals surface area contributed by atoms with E-state index in [1.165, 1.54) is 41.1 Å². The van der Waals surface area contributed by atoms with Gasteiger partial charge in [-0.25, -0.2) is 13.9 Å². The molecule has 4 rings (SSSR count). The Morgan fingerprint density at radius 2 is 1.88 bits per heavy atom. The van der Waals surface area contributed by atoms with Gasteiger partial charge in [-0.2, -0.15) is 4.98 Å². The van der Waals surface area contributed by atoms with E-state index >= 15 is 0 Å². The number of amides is 1. The average Bonchev–Trinajstić information content (AvgIpc) is 3.17. The molecule has 6 nitrogen and oxygen atoms in total. The molecular formula is C23H21ClFN5OS. The summed E-state index contributed by atoms with van der Waals surface area (Å²) in [4.78, 5) is 21.3. The highest BCUT2D eigenvalue weighted by Crippen LogP contribution is 2.22. The lowest BCUT2D eigenvalue weighted by atomic mass is 10.0. The van der Waals surface area contributed by atoms with Crippen LogP contribution in [0.25, 0.3) is 5.78 Å². The van der Waals surface area contributed by atoms with Crippen molar-refractivity contribution in [2.24, 2.45) is 0 Å². The molecule has 0 unspecified atom stereocenters. The zero-order valence-corrected chi connectivity index (χ0v) is 19.4. The second-order valence-corrected chi connectivity index (χ2v) is 8.85. The molecule has 1 amide bonds. The Kier molecular flexibility index (Phi) is 6.43. The van der Waals surface area contributed by atoms with Crippen LogP contribution >= 0.6 is 23.4 Å². The second kappa shape index (κ2) is 9.26. The van der Waals surface area contributed by atoms with Crippen molar-refractivity contribution in [3.63, 3.8) is 0 Å². The van der Waals surface area contributed by atoms with E-state index in [1.54, 1.807) is 4.52 Å². The van der Waals surface area contributed by atoms with Gasteiger partial charge in [0, 0.05) is 23.5 Å². The summed E-state index contributed by atoms with van der Waals surface area (Å²) in [7, 11) is 0. The maximum atomic E-state index is 13.3. The van der Waals surface area contributed by atoms with Gasteiger partial charge in [0.05, 0.1) is 10.8 Å². The molecule has 0 bridgehead atoms. The number of halogens is 2. The van der Waals surface area contributed by atoms with Gasteiger partial charge in [-0.1, -0.05) is 53.2 Å². The maximum Gasteiger partial charge on any atom is 0.253 e. The molecule has 0 aliphatic carbocycles. The third-order valence-corrected chi connectivity index (χ3v) is 6.19. The van der Waals surface area contributed by atoms with E-state index in [1.807, 2.05) is 13.8 Å². The van der Waals surface area contributed by atoms with Crippen LogP contribution in [0.15, 0.2) is 47.6 Å². The van der Waals surface area contributed by atoms with Gasteiger partial charge in [0.1, 0.15) is 5.82 Å². The first-order valence-corrected chi connectivity index (χ1v) is 11.3. The molecule has 0 fully saturated rings. The molecule has 2 aromatic carbocycles. The zero-order chi connectivity index (χ0) is 22.8. The molecule has 1 N–H and O–H groups in total. The molecule has 4 aromatic rings. The summed E-state index contributed by atoms with van der Waals surface area (Å²) in [6.45, 7) is 6.04. The number of rotatable bonds is 6. The monoisotopic (exact) mass is 469 g/mol. The first-order chi connectivity index (χ1) is 15.3. The van der Waals surface area contributed by atoms with Crippen molar-refractivity contribution >= 4 is 40.7 Å². The van der Waals surface area contributed by atoms with Crippen LogP contribution in [0.2, 0.25) is 5.02 Å². The Bertz CT molecular complexity index is 1310. The Balaban J connectivity index is 1.48. The van der Waals surface area contributed by atoms with Crippen LogP contribution < -0.4 is 5.32 Å². The summed E-state index contributed by atoms with van der Waals surface area (Å²) in [5, 5.41) is 7.63. The minimum absolute atomic E-state index is 0.0455. The summed E-state index contributed by atoms with van der Waals surface area (Å²) < 4.78 is 15.0. The number of hydrogen-bond donors (Lipinski definition) is 1. The van der Waals surface area contributed by atoms with Crippen molar-refractivity contribution in [1.29, 1.82) is 0 Å². The number of nitrogens with zero attached hydrogens (tertiary/aromatic N) is 4. The number of nitrogens with one attached hydrogen (secondary N) is 1. The molecule has 164 valence electrons. The Morgan fingerprint density at radius 1 is 1.12 bits per heavy atom. The van der Waals surface area contributed by atoms with Gasteiger partial charge in [-0.3, -0.25) is 4.79 Å². The average molecular weight is 470 g/mol. The van der Waals surface area contributed by atoms with Crippen LogP contribution in [0.5, 0.6) is 0 Å². The molecule has 0 spiro atoms. The SMILES string of the molecule is Cc1ccc(Cc2c(C)nc3nc(SCC(=O)Nc4ccc(F)c(Cl)c4)nn3c2C)cc1. The third-order valence-electron chi connectivity index (χ3n) is 5.07. The molecule has 0 radical (unpaired) electrons. The summed E-state index contributed by atoms with van der Waals surface area (Å²) in [6, 6.07) is 12.5. The third kappa shape index (κ3) is 4.92. The van der Waals surface area contributed by atoms with Crippen molar-refractivity contribution in [3.05, 3.63) is 81.4 Å². The Labute approximate surface area is 194 Å². The topological polar surface area (TPSA) is 72.2 Å². The van der Waals surface area contributed by atoms with Crippen molar-refractivity contribution < 1.29 is 9.18 Å². The van der Waals surface area contributed by atoms with Crippen LogP contribution in [0.4, 0.5) is 10.1 Å². The normalized spacial score (nSPS) is 11.2. The van der Waals surface area contributed by atoms with Crippen molar-refractivity contribution in [2.45, 2.75) is 32.3 Å². The van der Waals surface area contributed by atoms with Gasteiger partial charge in [-0.15, -0.1) is 5.10 Å². The molecule has 0 aliphatic rings.